The first-order chi connectivity index (χ1) is 7.84. The number of carbonyl (C=O) groups excluding carboxylic acids is 1. The third-order valence-corrected chi connectivity index (χ3v) is 2.40. The van der Waals surface area contributed by atoms with E-state index < -0.39 is 0 Å². The Morgan fingerprint density at radius 1 is 1.62 bits per heavy atom. The van der Waals surface area contributed by atoms with Crippen LogP contribution in [0.4, 0.5) is 4.79 Å². The van der Waals surface area contributed by atoms with Crippen LogP contribution in [0.3, 0.4) is 0 Å². The molecule has 0 radical (unpaired) electrons. The van der Waals surface area contributed by atoms with Crippen LogP contribution in [0.1, 0.15) is 18.4 Å². The van der Waals surface area contributed by atoms with Crippen LogP contribution >= 0.6 is 0 Å². The second-order valence-electron chi connectivity index (χ2n) is 3.69. The van der Waals surface area contributed by atoms with Crippen LogP contribution < -0.4 is 10.6 Å². The van der Waals surface area contributed by atoms with Gasteiger partial charge >= 0.3 is 6.03 Å². The summed E-state index contributed by atoms with van der Waals surface area (Å²) >= 11 is 0. The highest BCUT2D eigenvalue weighted by atomic mass is 16.5. The molecular weight excluding hydrogens is 206 g/mol. The van der Waals surface area contributed by atoms with Crippen molar-refractivity contribution in [3.05, 3.63) is 30.1 Å². The predicted molar refractivity (Wildman–Crippen MR) is 58.6 cm³/mol. The second kappa shape index (κ2) is 5.46. The first kappa shape index (κ1) is 10.9. The molecule has 1 aromatic rings. The second-order valence-corrected chi connectivity index (χ2v) is 3.69. The summed E-state index contributed by atoms with van der Waals surface area (Å²) in [4.78, 5) is 15.4. The van der Waals surface area contributed by atoms with Crippen LogP contribution in [0.25, 0.3) is 0 Å². The minimum absolute atomic E-state index is 0.131. The Bertz CT molecular complexity index is 336. The van der Waals surface area contributed by atoms with Crippen molar-refractivity contribution >= 4 is 6.03 Å². The van der Waals surface area contributed by atoms with Crippen LogP contribution in [-0.2, 0) is 11.3 Å². The Labute approximate surface area is 94.2 Å². The molecule has 1 aliphatic rings. The van der Waals surface area contributed by atoms with Gasteiger partial charge < -0.3 is 15.4 Å². The normalized spacial score (nSPS) is 19.4. The van der Waals surface area contributed by atoms with Gasteiger partial charge in [-0.3, -0.25) is 4.98 Å². The fraction of sp³-hybridized carbons (Fsp3) is 0.455. The van der Waals surface area contributed by atoms with Gasteiger partial charge in [0.1, 0.15) is 6.23 Å². The van der Waals surface area contributed by atoms with E-state index in [1.54, 1.807) is 12.4 Å². The van der Waals surface area contributed by atoms with E-state index >= 15 is 0 Å². The molecule has 0 bridgehead atoms. The van der Waals surface area contributed by atoms with Crippen molar-refractivity contribution in [3.8, 4) is 0 Å². The molecule has 0 aromatic carbocycles. The largest absolute Gasteiger partial charge is 0.358 e. The topological polar surface area (TPSA) is 63.2 Å². The standard InChI is InChI=1S/C11H15N3O2/c15-11(14-10-4-2-6-16-10)13-8-9-3-1-5-12-7-9/h1,3,5,7,10H,2,4,6,8H2,(H2,13,14,15). The Morgan fingerprint density at radius 2 is 2.56 bits per heavy atom. The number of pyridine rings is 1. The van der Waals surface area contributed by atoms with E-state index in [4.69, 9.17) is 4.74 Å². The number of urea groups is 1. The molecule has 5 nitrogen and oxygen atoms in total. The molecule has 0 saturated carbocycles. The SMILES string of the molecule is O=C(NCc1cccnc1)NC1CCCO1. The van der Waals surface area contributed by atoms with Gasteiger partial charge in [0.05, 0.1) is 0 Å². The average Bonchev–Trinajstić information content (AvgIpc) is 2.81. The first-order valence-corrected chi connectivity index (χ1v) is 5.39. The van der Waals surface area contributed by atoms with Crippen molar-refractivity contribution in [1.29, 1.82) is 0 Å². The number of hydrogen-bond acceptors (Lipinski definition) is 3. The maximum absolute atomic E-state index is 11.4. The van der Waals surface area contributed by atoms with E-state index in [1.807, 2.05) is 12.1 Å². The minimum atomic E-state index is -0.198. The summed E-state index contributed by atoms with van der Waals surface area (Å²) in [7, 11) is 0. The van der Waals surface area contributed by atoms with Crippen molar-refractivity contribution in [2.24, 2.45) is 0 Å². The minimum Gasteiger partial charge on any atom is -0.358 e. The number of nitrogens with zero attached hydrogens (tertiary/aromatic N) is 1. The molecule has 1 fully saturated rings. The van der Waals surface area contributed by atoms with Gasteiger partial charge in [-0.05, 0) is 24.5 Å². The molecule has 2 heterocycles. The number of aromatic nitrogens is 1. The Hall–Kier alpha value is -1.62. The van der Waals surface area contributed by atoms with E-state index in [0.717, 1.165) is 25.0 Å². The molecule has 2 amide bonds. The van der Waals surface area contributed by atoms with E-state index in [-0.39, 0.29) is 12.3 Å². The fourth-order valence-electron chi connectivity index (χ4n) is 1.57. The summed E-state index contributed by atoms with van der Waals surface area (Å²) in [5, 5.41) is 5.51. The lowest BCUT2D eigenvalue weighted by Crippen LogP contribution is -2.41. The van der Waals surface area contributed by atoms with Crippen molar-refractivity contribution in [3.63, 3.8) is 0 Å². The predicted octanol–water partition coefficient (Wildman–Crippen LogP) is 1.02. The maximum Gasteiger partial charge on any atom is 0.317 e. The van der Waals surface area contributed by atoms with Gasteiger partial charge in [0, 0.05) is 25.5 Å². The van der Waals surface area contributed by atoms with Gasteiger partial charge in [-0.25, -0.2) is 4.79 Å². The van der Waals surface area contributed by atoms with Crippen LogP contribution in [0.2, 0.25) is 0 Å². The highest BCUT2D eigenvalue weighted by molar-refractivity contribution is 5.74. The van der Waals surface area contributed by atoms with Gasteiger partial charge in [0.2, 0.25) is 0 Å². The van der Waals surface area contributed by atoms with Gasteiger partial charge in [0.15, 0.2) is 0 Å². The van der Waals surface area contributed by atoms with E-state index in [9.17, 15) is 4.79 Å². The van der Waals surface area contributed by atoms with Gasteiger partial charge in [-0.1, -0.05) is 6.07 Å². The lowest BCUT2D eigenvalue weighted by atomic mass is 10.3. The van der Waals surface area contributed by atoms with Crippen LogP contribution in [-0.4, -0.2) is 23.8 Å². The summed E-state index contributed by atoms with van der Waals surface area (Å²) in [6.07, 6.45) is 5.20. The number of ether oxygens (including phenoxy) is 1. The lowest BCUT2D eigenvalue weighted by molar-refractivity contribution is 0.0907. The number of carbonyl (C=O) groups is 1. The average molecular weight is 221 g/mol. The van der Waals surface area contributed by atoms with Crippen LogP contribution in [0.5, 0.6) is 0 Å². The highest BCUT2D eigenvalue weighted by Crippen LogP contribution is 2.08. The number of hydrogen-bond donors (Lipinski definition) is 2. The van der Waals surface area contributed by atoms with Gasteiger partial charge in [-0.2, -0.15) is 0 Å². The first-order valence-electron chi connectivity index (χ1n) is 5.39. The Morgan fingerprint density at radius 3 is 3.25 bits per heavy atom. The zero-order chi connectivity index (χ0) is 11.2. The molecule has 1 atom stereocenters. The monoisotopic (exact) mass is 221 g/mol. The Kier molecular flexibility index (Phi) is 3.71. The zero-order valence-electron chi connectivity index (χ0n) is 8.98. The summed E-state index contributed by atoms with van der Waals surface area (Å²) in [5.74, 6) is 0. The summed E-state index contributed by atoms with van der Waals surface area (Å²) < 4.78 is 5.29. The molecule has 86 valence electrons. The molecule has 16 heavy (non-hydrogen) atoms. The van der Waals surface area contributed by atoms with Crippen molar-refractivity contribution in [2.75, 3.05) is 6.61 Å². The Balaban J connectivity index is 1.71. The van der Waals surface area contributed by atoms with E-state index in [0.29, 0.717) is 6.54 Å². The molecule has 1 aromatic heterocycles. The third-order valence-electron chi connectivity index (χ3n) is 2.40. The van der Waals surface area contributed by atoms with Crippen molar-refractivity contribution in [1.82, 2.24) is 15.6 Å². The smallest absolute Gasteiger partial charge is 0.317 e. The van der Waals surface area contributed by atoms with Crippen LogP contribution in [0, 0.1) is 0 Å². The molecule has 5 heteroatoms. The fourth-order valence-corrected chi connectivity index (χ4v) is 1.57. The van der Waals surface area contributed by atoms with Crippen molar-refractivity contribution in [2.45, 2.75) is 25.6 Å². The van der Waals surface area contributed by atoms with E-state index in [2.05, 4.69) is 15.6 Å². The van der Waals surface area contributed by atoms with Crippen molar-refractivity contribution < 1.29 is 9.53 Å². The van der Waals surface area contributed by atoms with Gasteiger partial charge in [-0.15, -0.1) is 0 Å². The molecule has 2 rings (SSSR count). The van der Waals surface area contributed by atoms with Gasteiger partial charge in [0.25, 0.3) is 0 Å². The molecule has 1 aliphatic heterocycles. The molecular formula is C11H15N3O2. The molecule has 1 saturated heterocycles. The lowest BCUT2D eigenvalue weighted by Gasteiger charge is -2.12. The van der Waals surface area contributed by atoms with E-state index in [1.165, 1.54) is 0 Å². The number of rotatable bonds is 3. The maximum atomic E-state index is 11.4. The zero-order valence-corrected chi connectivity index (χ0v) is 8.98. The molecule has 0 spiro atoms. The third kappa shape index (κ3) is 3.20. The highest BCUT2D eigenvalue weighted by Gasteiger charge is 2.16. The molecule has 0 aliphatic carbocycles. The number of amides is 2. The molecule has 1 unspecified atom stereocenters. The summed E-state index contributed by atoms with van der Waals surface area (Å²) in [6.45, 7) is 1.21. The summed E-state index contributed by atoms with van der Waals surface area (Å²) in [5.41, 5.74) is 0.977. The molecule has 2 N–H and O–H groups in total. The number of nitrogens with one attached hydrogen (secondary N) is 2. The van der Waals surface area contributed by atoms with Crippen LogP contribution in [0.15, 0.2) is 24.5 Å². The quantitative estimate of drug-likeness (QED) is 0.801. The summed E-state index contributed by atoms with van der Waals surface area (Å²) in [6, 6.07) is 3.56.